The second-order valence-corrected chi connectivity index (χ2v) is 8.28. The van der Waals surface area contributed by atoms with E-state index < -0.39 is 5.91 Å². The van der Waals surface area contributed by atoms with E-state index in [1.807, 2.05) is 18.2 Å². The molecule has 0 unspecified atom stereocenters. The fraction of sp³-hybridized carbons (Fsp3) is 0.143. The Labute approximate surface area is 212 Å². The number of nitrogens with zero attached hydrogens (tertiary/aromatic N) is 6. The molecule has 0 saturated heterocycles. The minimum absolute atomic E-state index is 0.0156. The molecule has 0 aliphatic rings. The molecular formula is C21H18BrClN8O4. The van der Waals surface area contributed by atoms with E-state index in [1.165, 1.54) is 18.0 Å². The van der Waals surface area contributed by atoms with Crippen LogP contribution in [-0.4, -0.2) is 44.5 Å². The number of nitrogens with two attached hydrogens (primary N) is 1. The molecule has 0 fully saturated rings. The van der Waals surface area contributed by atoms with Gasteiger partial charge in [-0.05, 0) is 56.9 Å². The number of aromatic nitrogens is 5. The van der Waals surface area contributed by atoms with Crippen LogP contribution in [0, 0.1) is 6.92 Å². The number of rotatable bonds is 8. The Balaban J connectivity index is 1.45. The van der Waals surface area contributed by atoms with E-state index in [-0.39, 0.29) is 23.9 Å². The van der Waals surface area contributed by atoms with Crippen LogP contribution >= 0.6 is 27.5 Å². The summed E-state index contributed by atoms with van der Waals surface area (Å²) in [5.74, 6) is 0.540. The minimum atomic E-state index is -0.578. The largest absolute Gasteiger partial charge is 0.493 e. The molecule has 0 saturated carbocycles. The van der Waals surface area contributed by atoms with E-state index in [0.29, 0.717) is 32.3 Å². The number of nitrogen functional groups attached to an aromatic ring is 1. The third-order valence-corrected chi connectivity index (χ3v) is 5.72. The molecule has 14 heteroatoms. The second kappa shape index (κ2) is 10.5. The highest BCUT2D eigenvalue weighted by Crippen LogP contribution is 2.37. The summed E-state index contributed by atoms with van der Waals surface area (Å²) in [5.41, 5.74) is 9.96. The van der Waals surface area contributed by atoms with Crippen molar-refractivity contribution in [3.05, 3.63) is 68.4 Å². The topological polar surface area (TPSA) is 156 Å². The lowest BCUT2D eigenvalue weighted by Gasteiger charge is -2.14. The summed E-state index contributed by atoms with van der Waals surface area (Å²) in [6.07, 6.45) is 1.45. The van der Waals surface area contributed by atoms with E-state index in [2.05, 4.69) is 51.7 Å². The maximum absolute atomic E-state index is 12.5. The number of amides is 1. The zero-order valence-corrected chi connectivity index (χ0v) is 20.7. The molecule has 2 aromatic heterocycles. The van der Waals surface area contributed by atoms with E-state index in [0.717, 1.165) is 5.56 Å². The van der Waals surface area contributed by atoms with Crippen molar-refractivity contribution in [3.8, 4) is 17.3 Å². The Kier molecular flexibility index (Phi) is 7.27. The van der Waals surface area contributed by atoms with Gasteiger partial charge in [-0.25, -0.2) is 10.1 Å². The number of halogens is 2. The molecule has 2 heterocycles. The van der Waals surface area contributed by atoms with Gasteiger partial charge in [0.05, 0.1) is 23.5 Å². The molecular weight excluding hydrogens is 544 g/mol. The van der Waals surface area contributed by atoms with E-state index >= 15 is 0 Å². The zero-order valence-electron chi connectivity index (χ0n) is 18.4. The van der Waals surface area contributed by atoms with Gasteiger partial charge in [0.15, 0.2) is 17.2 Å². The fourth-order valence-corrected chi connectivity index (χ4v) is 3.78. The lowest BCUT2D eigenvalue weighted by atomic mass is 10.2. The summed E-state index contributed by atoms with van der Waals surface area (Å²) in [6, 6.07) is 10.9. The maximum atomic E-state index is 12.5. The van der Waals surface area contributed by atoms with Crippen LogP contribution in [0.25, 0.3) is 5.82 Å². The average molecular weight is 562 g/mol. The summed E-state index contributed by atoms with van der Waals surface area (Å²) >= 11 is 9.69. The molecule has 0 aliphatic carbocycles. The normalized spacial score (nSPS) is 11.1. The molecule has 180 valence electrons. The number of nitrogens with one attached hydrogen (secondary N) is 1. The van der Waals surface area contributed by atoms with E-state index in [1.54, 1.807) is 25.1 Å². The van der Waals surface area contributed by atoms with Crippen LogP contribution in [-0.2, 0) is 6.61 Å². The monoisotopic (exact) mass is 560 g/mol. The van der Waals surface area contributed by atoms with Gasteiger partial charge in [-0.1, -0.05) is 35.0 Å². The zero-order chi connectivity index (χ0) is 24.9. The van der Waals surface area contributed by atoms with Crippen molar-refractivity contribution >= 4 is 45.5 Å². The van der Waals surface area contributed by atoms with Gasteiger partial charge in [0.2, 0.25) is 11.6 Å². The van der Waals surface area contributed by atoms with Gasteiger partial charge in [0, 0.05) is 10.6 Å². The van der Waals surface area contributed by atoms with Crippen molar-refractivity contribution in [3.63, 3.8) is 0 Å². The first-order chi connectivity index (χ1) is 16.9. The minimum Gasteiger partial charge on any atom is -0.493 e. The first-order valence-corrected chi connectivity index (χ1v) is 11.1. The first kappa shape index (κ1) is 24.2. The maximum Gasteiger partial charge on any atom is 0.293 e. The number of benzene rings is 2. The number of carbonyl (C=O) groups is 1. The summed E-state index contributed by atoms with van der Waals surface area (Å²) in [6.45, 7) is 1.88. The van der Waals surface area contributed by atoms with Crippen molar-refractivity contribution in [2.24, 2.45) is 5.10 Å². The molecule has 0 spiro atoms. The fourth-order valence-electron chi connectivity index (χ4n) is 3.02. The summed E-state index contributed by atoms with van der Waals surface area (Å²) in [5, 5.41) is 19.4. The van der Waals surface area contributed by atoms with E-state index in [4.69, 9.17) is 26.8 Å². The Hall–Kier alpha value is -3.97. The van der Waals surface area contributed by atoms with E-state index in [9.17, 15) is 4.79 Å². The molecule has 1 amide bonds. The highest BCUT2D eigenvalue weighted by molar-refractivity contribution is 9.10. The second-order valence-electron chi connectivity index (χ2n) is 7.02. The van der Waals surface area contributed by atoms with Crippen LogP contribution in [0.2, 0.25) is 5.02 Å². The molecule has 0 atom stereocenters. The van der Waals surface area contributed by atoms with Crippen molar-refractivity contribution in [2.45, 2.75) is 13.5 Å². The molecule has 4 rings (SSSR count). The number of carbonyl (C=O) groups excluding carboxylic acids is 1. The van der Waals surface area contributed by atoms with Gasteiger partial charge in [0.1, 0.15) is 6.61 Å². The first-order valence-electron chi connectivity index (χ1n) is 9.97. The summed E-state index contributed by atoms with van der Waals surface area (Å²) in [7, 11) is 1.52. The molecule has 0 radical (unpaired) electrons. The average Bonchev–Trinajstić information content (AvgIpc) is 3.43. The predicted octanol–water partition coefficient (Wildman–Crippen LogP) is 3.31. The quantitative estimate of drug-likeness (QED) is 0.243. The van der Waals surface area contributed by atoms with Gasteiger partial charge >= 0.3 is 0 Å². The SMILES string of the molecule is COc1cc(/C=N/NC(=O)c2nnn(-c3nonc3N)c2C)cc(Br)c1OCc1ccccc1Cl. The Bertz CT molecular complexity index is 1400. The van der Waals surface area contributed by atoms with Crippen molar-refractivity contribution in [1.82, 2.24) is 30.7 Å². The van der Waals surface area contributed by atoms with Gasteiger partial charge in [-0.2, -0.15) is 9.78 Å². The third kappa shape index (κ3) is 5.25. The third-order valence-electron chi connectivity index (χ3n) is 4.77. The Morgan fingerprint density at radius 1 is 1.34 bits per heavy atom. The van der Waals surface area contributed by atoms with Crippen molar-refractivity contribution in [2.75, 3.05) is 12.8 Å². The number of ether oxygens (including phenoxy) is 2. The lowest BCUT2D eigenvalue weighted by Crippen LogP contribution is -2.19. The lowest BCUT2D eigenvalue weighted by molar-refractivity contribution is 0.0949. The Morgan fingerprint density at radius 3 is 2.86 bits per heavy atom. The van der Waals surface area contributed by atoms with Crippen LogP contribution < -0.4 is 20.6 Å². The van der Waals surface area contributed by atoms with Crippen LogP contribution in [0.5, 0.6) is 11.5 Å². The molecule has 35 heavy (non-hydrogen) atoms. The molecule has 4 aromatic rings. The number of hydrogen-bond acceptors (Lipinski definition) is 10. The van der Waals surface area contributed by atoms with Crippen LogP contribution in [0.3, 0.4) is 0 Å². The predicted molar refractivity (Wildman–Crippen MR) is 130 cm³/mol. The van der Waals surface area contributed by atoms with Crippen molar-refractivity contribution in [1.29, 1.82) is 0 Å². The van der Waals surface area contributed by atoms with Crippen LogP contribution in [0.15, 0.2) is 50.6 Å². The number of anilines is 1. The molecule has 0 bridgehead atoms. The number of hydrazone groups is 1. The summed E-state index contributed by atoms with van der Waals surface area (Å²) in [4.78, 5) is 12.5. The number of methoxy groups -OCH3 is 1. The van der Waals surface area contributed by atoms with Crippen LogP contribution in [0.1, 0.15) is 27.3 Å². The standard InChI is InChI=1S/C21H18BrClN8O4/c1-11-17(26-30-31(11)20-19(24)28-35-29-20)21(32)27-25-9-12-7-14(22)18(16(8-12)33-2)34-10-13-5-3-4-6-15(13)23/h3-9H,10H2,1-2H3,(H2,24,28)(H,27,32)/b25-9+. The molecule has 2 aromatic carbocycles. The summed E-state index contributed by atoms with van der Waals surface area (Å²) < 4.78 is 17.8. The highest BCUT2D eigenvalue weighted by atomic mass is 79.9. The Morgan fingerprint density at radius 2 is 2.14 bits per heavy atom. The van der Waals surface area contributed by atoms with Crippen molar-refractivity contribution < 1.29 is 18.9 Å². The smallest absolute Gasteiger partial charge is 0.293 e. The number of hydrogen-bond donors (Lipinski definition) is 2. The molecule has 3 N–H and O–H groups in total. The van der Waals surface area contributed by atoms with Gasteiger partial charge in [-0.3, -0.25) is 4.79 Å². The van der Waals surface area contributed by atoms with Gasteiger partial charge < -0.3 is 15.2 Å². The molecule has 12 nitrogen and oxygen atoms in total. The van der Waals surface area contributed by atoms with Crippen LogP contribution in [0.4, 0.5) is 5.82 Å². The highest BCUT2D eigenvalue weighted by Gasteiger charge is 2.20. The molecule has 0 aliphatic heterocycles. The van der Waals surface area contributed by atoms with Gasteiger partial charge in [0.25, 0.3) is 5.91 Å². The van der Waals surface area contributed by atoms with Gasteiger partial charge in [-0.15, -0.1) is 5.10 Å².